The van der Waals surface area contributed by atoms with E-state index < -0.39 is 5.66 Å². The summed E-state index contributed by atoms with van der Waals surface area (Å²) in [4.78, 5) is 0. The molecule has 0 saturated carbocycles. The van der Waals surface area contributed by atoms with Gasteiger partial charge in [-0.15, -0.1) is 0 Å². The lowest BCUT2D eigenvalue weighted by Gasteiger charge is -2.20. The van der Waals surface area contributed by atoms with Gasteiger partial charge in [0.2, 0.25) is 0 Å². The van der Waals surface area contributed by atoms with Crippen molar-refractivity contribution < 1.29 is 0 Å². The van der Waals surface area contributed by atoms with E-state index in [0.29, 0.717) is 5.92 Å². The number of hydrogen-bond acceptors (Lipinski definition) is 2. The molecule has 0 aromatic rings. The largest absolute Gasteiger partial charge is 0.314 e. The van der Waals surface area contributed by atoms with Crippen LogP contribution in [0.2, 0.25) is 0 Å². The Morgan fingerprint density at radius 3 is 1.75 bits per heavy atom. The molecule has 4 N–H and O–H groups in total. The Bertz CT molecular complexity index is 61.4. The van der Waals surface area contributed by atoms with E-state index in [1.807, 2.05) is 6.92 Å². The van der Waals surface area contributed by atoms with E-state index in [9.17, 15) is 0 Å². The van der Waals surface area contributed by atoms with E-state index in [-0.39, 0.29) is 0 Å². The van der Waals surface area contributed by atoms with Gasteiger partial charge in [-0.3, -0.25) is 0 Å². The molecule has 0 aromatic carbocycles. The summed E-state index contributed by atoms with van der Waals surface area (Å²) < 4.78 is 0. The molecule has 0 bridgehead atoms. The molecule has 8 heavy (non-hydrogen) atoms. The summed E-state index contributed by atoms with van der Waals surface area (Å²) >= 11 is 0. The molecule has 0 aliphatic heterocycles. The fraction of sp³-hybridized carbons (Fsp3) is 1.00. The summed E-state index contributed by atoms with van der Waals surface area (Å²) in [6, 6.07) is 0. The minimum absolute atomic E-state index is 0.478. The Hall–Kier alpha value is -0.0800. The SMILES string of the molecule is CC(C)CC(C)(N)N. The molecule has 0 amide bonds. The van der Waals surface area contributed by atoms with E-state index in [0.717, 1.165) is 6.42 Å². The van der Waals surface area contributed by atoms with E-state index in [1.165, 1.54) is 0 Å². The molecule has 2 nitrogen and oxygen atoms in total. The third kappa shape index (κ3) is 5.92. The van der Waals surface area contributed by atoms with Gasteiger partial charge in [-0.05, 0) is 19.3 Å². The first kappa shape index (κ1) is 7.92. The van der Waals surface area contributed by atoms with Crippen molar-refractivity contribution in [1.82, 2.24) is 0 Å². The quantitative estimate of drug-likeness (QED) is 0.521. The molecule has 0 saturated heterocycles. The van der Waals surface area contributed by atoms with E-state index >= 15 is 0 Å². The molecule has 0 unspecified atom stereocenters. The minimum Gasteiger partial charge on any atom is -0.314 e. The van der Waals surface area contributed by atoms with Crippen LogP contribution in [-0.2, 0) is 0 Å². The first-order valence-electron chi connectivity index (χ1n) is 2.99. The number of hydrogen-bond donors (Lipinski definition) is 2. The Morgan fingerprint density at radius 1 is 1.38 bits per heavy atom. The maximum atomic E-state index is 5.51. The topological polar surface area (TPSA) is 52.0 Å². The van der Waals surface area contributed by atoms with E-state index in [2.05, 4.69) is 13.8 Å². The van der Waals surface area contributed by atoms with Crippen molar-refractivity contribution >= 4 is 0 Å². The van der Waals surface area contributed by atoms with E-state index in [4.69, 9.17) is 11.5 Å². The zero-order valence-corrected chi connectivity index (χ0v) is 5.94. The van der Waals surface area contributed by atoms with Crippen molar-refractivity contribution in [3.8, 4) is 0 Å². The Balaban J connectivity index is 3.39. The lowest BCUT2D eigenvalue weighted by molar-refractivity contribution is 0.382. The third-order valence-electron chi connectivity index (χ3n) is 0.848. The van der Waals surface area contributed by atoms with Gasteiger partial charge in [-0.1, -0.05) is 13.8 Å². The minimum atomic E-state index is -0.478. The monoisotopic (exact) mass is 116 g/mol. The highest BCUT2D eigenvalue weighted by Gasteiger charge is 2.11. The second kappa shape index (κ2) is 2.46. The zero-order chi connectivity index (χ0) is 6.78. The van der Waals surface area contributed by atoms with Crippen molar-refractivity contribution in [3.05, 3.63) is 0 Å². The van der Waals surface area contributed by atoms with Crippen LogP contribution in [0.3, 0.4) is 0 Å². The van der Waals surface area contributed by atoms with Crippen LogP contribution in [0.5, 0.6) is 0 Å². The molecule has 0 fully saturated rings. The second-order valence-corrected chi connectivity index (χ2v) is 3.10. The summed E-state index contributed by atoms with van der Waals surface area (Å²) in [6.45, 7) is 6.06. The van der Waals surface area contributed by atoms with Crippen molar-refractivity contribution in [3.63, 3.8) is 0 Å². The molecule has 0 radical (unpaired) electrons. The molecule has 0 spiro atoms. The third-order valence-corrected chi connectivity index (χ3v) is 0.848. The van der Waals surface area contributed by atoms with E-state index in [1.54, 1.807) is 0 Å². The second-order valence-electron chi connectivity index (χ2n) is 3.10. The number of nitrogens with two attached hydrogens (primary N) is 2. The van der Waals surface area contributed by atoms with Gasteiger partial charge in [0.05, 0.1) is 5.66 Å². The maximum absolute atomic E-state index is 5.51. The van der Waals surface area contributed by atoms with Crippen molar-refractivity contribution in [2.75, 3.05) is 0 Å². The highest BCUT2D eigenvalue weighted by molar-refractivity contribution is 4.70. The van der Waals surface area contributed by atoms with Gasteiger partial charge in [0.15, 0.2) is 0 Å². The lowest BCUT2D eigenvalue weighted by atomic mass is 10.0. The highest BCUT2D eigenvalue weighted by Crippen LogP contribution is 2.06. The normalized spacial score (nSPS) is 12.8. The smallest absolute Gasteiger partial charge is 0.0610 e. The van der Waals surface area contributed by atoms with Crippen LogP contribution in [0.1, 0.15) is 27.2 Å². The molecule has 0 aliphatic carbocycles. The van der Waals surface area contributed by atoms with Crippen LogP contribution in [0.15, 0.2) is 0 Å². The predicted molar refractivity (Wildman–Crippen MR) is 36.2 cm³/mol. The van der Waals surface area contributed by atoms with Crippen molar-refractivity contribution in [2.24, 2.45) is 17.4 Å². The summed E-state index contributed by atoms with van der Waals surface area (Å²) in [5.74, 6) is 0.593. The molecule has 2 heteroatoms. The molecule has 50 valence electrons. The Labute approximate surface area is 51.2 Å². The molecule has 0 aliphatic rings. The molecular weight excluding hydrogens is 100 g/mol. The van der Waals surface area contributed by atoms with Gasteiger partial charge in [-0.25, -0.2) is 0 Å². The molecule has 0 aromatic heterocycles. The zero-order valence-electron chi connectivity index (χ0n) is 5.94. The standard InChI is InChI=1S/C6H16N2/c1-5(2)4-6(3,7)8/h5H,4,7-8H2,1-3H3. The van der Waals surface area contributed by atoms with Crippen LogP contribution in [0, 0.1) is 5.92 Å². The van der Waals surface area contributed by atoms with Crippen LogP contribution < -0.4 is 11.5 Å². The van der Waals surface area contributed by atoms with Gasteiger partial charge in [0.25, 0.3) is 0 Å². The van der Waals surface area contributed by atoms with Crippen molar-refractivity contribution in [2.45, 2.75) is 32.9 Å². The number of rotatable bonds is 2. The van der Waals surface area contributed by atoms with Crippen LogP contribution >= 0.6 is 0 Å². The summed E-state index contributed by atoms with van der Waals surface area (Å²) in [7, 11) is 0. The van der Waals surface area contributed by atoms with Gasteiger partial charge in [-0.2, -0.15) is 0 Å². The lowest BCUT2D eigenvalue weighted by Crippen LogP contribution is -2.46. The summed E-state index contributed by atoms with van der Waals surface area (Å²) in [5.41, 5.74) is 10.6. The van der Waals surface area contributed by atoms with Gasteiger partial charge in [0.1, 0.15) is 0 Å². The van der Waals surface area contributed by atoms with Gasteiger partial charge in [0, 0.05) is 0 Å². The first-order chi connectivity index (χ1) is 3.42. The fourth-order valence-electron chi connectivity index (χ4n) is 0.880. The summed E-state index contributed by atoms with van der Waals surface area (Å²) in [5, 5.41) is 0. The van der Waals surface area contributed by atoms with Gasteiger partial charge < -0.3 is 11.5 Å². The van der Waals surface area contributed by atoms with Crippen molar-refractivity contribution in [1.29, 1.82) is 0 Å². The molecule has 0 rings (SSSR count). The Kier molecular flexibility index (Phi) is 2.44. The molecular formula is C6H16N2. The van der Waals surface area contributed by atoms with Crippen LogP contribution in [0.25, 0.3) is 0 Å². The van der Waals surface area contributed by atoms with Gasteiger partial charge >= 0.3 is 0 Å². The Morgan fingerprint density at radius 2 is 1.75 bits per heavy atom. The molecule has 0 atom stereocenters. The predicted octanol–water partition coefficient (Wildman–Crippen LogP) is 0.666. The fourth-order valence-corrected chi connectivity index (χ4v) is 0.880. The average molecular weight is 116 g/mol. The summed E-state index contributed by atoms with van der Waals surface area (Å²) in [6.07, 6.45) is 0.882. The molecule has 0 heterocycles. The highest BCUT2D eigenvalue weighted by atomic mass is 14.9. The first-order valence-corrected chi connectivity index (χ1v) is 2.99. The maximum Gasteiger partial charge on any atom is 0.0610 e. The van der Waals surface area contributed by atoms with Crippen LogP contribution in [0.4, 0.5) is 0 Å². The average Bonchev–Trinajstić information content (AvgIpc) is 1.21. The van der Waals surface area contributed by atoms with Crippen LogP contribution in [-0.4, -0.2) is 5.66 Å².